The largest absolute Gasteiger partial charge is 0.348 e. The van der Waals surface area contributed by atoms with E-state index in [1.807, 2.05) is 13.0 Å². The van der Waals surface area contributed by atoms with Crippen LogP contribution in [0, 0.1) is 6.92 Å². The van der Waals surface area contributed by atoms with Crippen molar-refractivity contribution in [2.45, 2.75) is 13.5 Å². The van der Waals surface area contributed by atoms with Crippen LogP contribution in [-0.2, 0) is 6.54 Å². The van der Waals surface area contributed by atoms with E-state index >= 15 is 0 Å². The molecule has 0 unspecified atom stereocenters. The molecule has 0 aliphatic rings. The van der Waals surface area contributed by atoms with Crippen molar-refractivity contribution in [1.82, 2.24) is 15.3 Å². The summed E-state index contributed by atoms with van der Waals surface area (Å²) in [6.07, 6.45) is 3.44. The third-order valence-corrected chi connectivity index (χ3v) is 2.99. The predicted molar refractivity (Wildman–Crippen MR) is 74.4 cm³/mol. The molecular weight excluding hydrogens is 285 g/mol. The molecule has 2 rings (SSSR count). The Kier molecular flexibility index (Phi) is 4.35. The summed E-state index contributed by atoms with van der Waals surface area (Å²) in [5.74, 6) is -0.248. The predicted octanol–water partition coefficient (Wildman–Crippen LogP) is 3.02. The van der Waals surface area contributed by atoms with Crippen LogP contribution in [0.25, 0.3) is 0 Å². The second-order valence-electron chi connectivity index (χ2n) is 3.99. The van der Waals surface area contributed by atoms with E-state index < -0.39 is 0 Å². The average molecular weight is 296 g/mol. The normalized spacial score (nSPS) is 10.3. The van der Waals surface area contributed by atoms with Gasteiger partial charge in [-0.3, -0.25) is 9.78 Å². The second kappa shape index (κ2) is 5.99. The van der Waals surface area contributed by atoms with Crippen LogP contribution < -0.4 is 5.32 Å². The van der Waals surface area contributed by atoms with Gasteiger partial charge in [0.2, 0.25) is 0 Å². The van der Waals surface area contributed by atoms with E-state index in [0.29, 0.717) is 12.1 Å². The van der Waals surface area contributed by atoms with E-state index in [1.165, 1.54) is 12.1 Å². The van der Waals surface area contributed by atoms with Gasteiger partial charge in [-0.05, 0) is 36.2 Å². The summed E-state index contributed by atoms with van der Waals surface area (Å²) in [5, 5.41) is 3.18. The number of carbonyl (C=O) groups excluding carboxylic acids is 1. The fourth-order valence-electron chi connectivity index (χ4n) is 1.57. The molecule has 2 aromatic rings. The Balaban J connectivity index is 2.08. The molecule has 0 atom stereocenters. The maximum Gasteiger partial charge on any atom is 0.251 e. The fourth-order valence-corrected chi connectivity index (χ4v) is 2.03. The Morgan fingerprint density at radius 1 is 1.32 bits per heavy atom. The molecule has 1 amide bonds. The lowest BCUT2D eigenvalue weighted by Crippen LogP contribution is -2.23. The van der Waals surface area contributed by atoms with Crippen molar-refractivity contribution in [1.29, 1.82) is 0 Å². The summed E-state index contributed by atoms with van der Waals surface area (Å²) in [5.41, 5.74) is 2.42. The number of nitrogens with zero attached hydrogens (tertiary/aromatic N) is 2. The molecule has 0 aliphatic heterocycles. The van der Waals surface area contributed by atoms with Gasteiger partial charge in [-0.25, -0.2) is 4.98 Å². The van der Waals surface area contributed by atoms with Crippen molar-refractivity contribution in [3.63, 3.8) is 0 Å². The lowest BCUT2D eigenvalue weighted by molar-refractivity contribution is 0.0950. The zero-order chi connectivity index (χ0) is 13.8. The fraction of sp³-hybridized carbons (Fsp3) is 0.154. The minimum absolute atomic E-state index is 0.192. The molecule has 0 saturated heterocycles. The van der Waals surface area contributed by atoms with Crippen LogP contribution in [0.4, 0.5) is 0 Å². The van der Waals surface area contributed by atoms with Crippen LogP contribution in [-0.4, -0.2) is 15.9 Å². The number of nitrogens with one attached hydrogen (secondary N) is 1. The number of pyridine rings is 2. The summed E-state index contributed by atoms with van der Waals surface area (Å²) >= 11 is 11.5. The molecule has 0 spiro atoms. The molecular formula is C13H11Cl2N3O. The molecule has 0 aliphatic carbocycles. The Morgan fingerprint density at radius 3 is 2.63 bits per heavy atom. The molecule has 2 heterocycles. The molecule has 0 aromatic carbocycles. The molecule has 0 radical (unpaired) electrons. The highest BCUT2D eigenvalue weighted by molar-refractivity contribution is 6.33. The first-order chi connectivity index (χ1) is 9.06. The third kappa shape index (κ3) is 3.66. The minimum Gasteiger partial charge on any atom is -0.348 e. The SMILES string of the molecule is Cc1cnccc1CNC(=O)c1cc(Cl)nc(Cl)c1. The lowest BCUT2D eigenvalue weighted by Gasteiger charge is -2.08. The third-order valence-electron chi connectivity index (χ3n) is 2.60. The van der Waals surface area contributed by atoms with Crippen molar-refractivity contribution >= 4 is 29.1 Å². The number of halogens is 2. The molecule has 0 fully saturated rings. The van der Waals surface area contributed by atoms with Crippen molar-refractivity contribution in [2.24, 2.45) is 0 Å². The summed E-state index contributed by atoms with van der Waals surface area (Å²) in [6, 6.07) is 4.81. The molecule has 2 aromatic heterocycles. The quantitative estimate of drug-likeness (QED) is 0.886. The first kappa shape index (κ1) is 13.8. The van der Waals surface area contributed by atoms with Crippen LogP contribution in [0.2, 0.25) is 10.3 Å². The van der Waals surface area contributed by atoms with Gasteiger partial charge >= 0.3 is 0 Å². The van der Waals surface area contributed by atoms with E-state index in [4.69, 9.17) is 23.2 Å². The molecule has 98 valence electrons. The average Bonchev–Trinajstić information content (AvgIpc) is 2.36. The van der Waals surface area contributed by atoms with Gasteiger partial charge in [0.15, 0.2) is 0 Å². The van der Waals surface area contributed by atoms with Gasteiger partial charge in [-0.2, -0.15) is 0 Å². The number of rotatable bonds is 3. The van der Waals surface area contributed by atoms with Gasteiger partial charge in [0.1, 0.15) is 10.3 Å². The second-order valence-corrected chi connectivity index (χ2v) is 4.76. The lowest BCUT2D eigenvalue weighted by atomic mass is 10.1. The Bertz CT molecular complexity index is 596. The van der Waals surface area contributed by atoms with Crippen molar-refractivity contribution < 1.29 is 4.79 Å². The van der Waals surface area contributed by atoms with Crippen LogP contribution in [0.1, 0.15) is 21.5 Å². The highest BCUT2D eigenvalue weighted by atomic mass is 35.5. The summed E-state index contributed by atoms with van der Waals surface area (Å²) in [4.78, 5) is 19.8. The van der Waals surface area contributed by atoms with Crippen LogP contribution >= 0.6 is 23.2 Å². The molecule has 19 heavy (non-hydrogen) atoms. The van der Waals surface area contributed by atoms with Gasteiger partial charge < -0.3 is 5.32 Å². The van der Waals surface area contributed by atoms with E-state index in [9.17, 15) is 4.79 Å². The monoisotopic (exact) mass is 295 g/mol. The van der Waals surface area contributed by atoms with E-state index in [2.05, 4.69) is 15.3 Å². The Hall–Kier alpha value is -1.65. The van der Waals surface area contributed by atoms with Gasteiger partial charge in [-0.15, -0.1) is 0 Å². The first-order valence-electron chi connectivity index (χ1n) is 5.57. The smallest absolute Gasteiger partial charge is 0.251 e. The first-order valence-corrected chi connectivity index (χ1v) is 6.32. The van der Waals surface area contributed by atoms with Crippen LogP contribution in [0.5, 0.6) is 0 Å². The molecule has 6 heteroatoms. The van der Waals surface area contributed by atoms with E-state index in [0.717, 1.165) is 11.1 Å². The zero-order valence-corrected chi connectivity index (χ0v) is 11.7. The van der Waals surface area contributed by atoms with Crippen molar-refractivity contribution in [3.05, 3.63) is 57.6 Å². The molecule has 1 N–H and O–H groups in total. The highest BCUT2D eigenvalue weighted by Crippen LogP contribution is 2.14. The zero-order valence-electron chi connectivity index (χ0n) is 10.2. The van der Waals surface area contributed by atoms with Gasteiger partial charge in [0.05, 0.1) is 0 Å². The van der Waals surface area contributed by atoms with Gasteiger partial charge in [-0.1, -0.05) is 23.2 Å². The van der Waals surface area contributed by atoms with Crippen molar-refractivity contribution in [2.75, 3.05) is 0 Å². The van der Waals surface area contributed by atoms with Crippen LogP contribution in [0.15, 0.2) is 30.6 Å². The topological polar surface area (TPSA) is 54.9 Å². The number of amides is 1. The van der Waals surface area contributed by atoms with E-state index in [-0.39, 0.29) is 16.2 Å². The Labute approximate surface area is 120 Å². The maximum atomic E-state index is 12.0. The number of aromatic nitrogens is 2. The Morgan fingerprint density at radius 2 is 2.00 bits per heavy atom. The number of aryl methyl sites for hydroxylation is 1. The molecule has 0 bridgehead atoms. The van der Waals surface area contributed by atoms with E-state index in [1.54, 1.807) is 12.4 Å². The van der Waals surface area contributed by atoms with Crippen molar-refractivity contribution in [3.8, 4) is 0 Å². The number of hydrogen-bond acceptors (Lipinski definition) is 3. The summed E-state index contributed by atoms with van der Waals surface area (Å²) in [6.45, 7) is 2.36. The highest BCUT2D eigenvalue weighted by Gasteiger charge is 2.09. The summed E-state index contributed by atoms with van der Waals surface area (Å²) < 4.78 is 0. The summed E-state index contributed by atoms with van der Waals surface area (Å²) in [7, 11) is 0. The maximum absolute atomic E-state index is 12.0. The minimum atomic E-state index is -0.248. The van der Waals surface area contributed by atoms with Crippen LogP contribution in [0.3, 0.4) is 0 Å². The van der Waals surface area contributed by atoms with Gasteiger partial charge in [0.25, 0.3) is 5.91 Å². The number of hydrogen-bond donors (Lipinski definition) is 1. The standard InChI is InChI=1S/C13H11Cl2N3O/c1-8-6-16-3-2-9(8)7-17-13(19)10-4-11(14)18-12(15)5-10/h2-6H,7H2,1H3,(H,17,19). The van der Waals surface area contributed by atoms with Gasteiger partial charge in [0, 0.05) is 24.5 Å². The molecule has 0 saturated carbocycles. The molecule has 4 nitrogen and oxygen atoms in total. The number of carbonyl (C=O) groups is 1.